The molecular weight excluding hydrogens is 232 g/mol. The van der Waals surface area contributed by atoms with Crippen molar-refractivity contribution in [1.29, 1.82) is 0 Å². The molecule has 1 aromatic carbocycles. The molecule has 2 aliphatic rings. The van der Waals surface area contributed by atoms with Crippen LogP contribution < -0.4 is 5.32 Å². The minimum atomic E-state index is 0.364. The molecule has 0 unspecified atom stereocenters. The van der Waals surface area contributed by atoms with Crippen LogP contribution in [0.4, 0.5) is 5.69 Å². The van der Waals surface area contributed by atoms with Crippen molar-refractivity contribution in [2.75, 3.05) is 5.32 Å². The van der Waals surface area contributed by atoms with E-state index in [2.05, 4.69) is 52.8 Å². The van der Waals surface area contributed by atoms with Crippen LogP contribution in [0, 0.1) is 5.92 Å². The number of hydrogen-bond acceptors (Lipinski definition) is 2. The van der Waals surface area contributed by atoms with E-state index >= 15 is 0 Å². The van der Waals surface area contributed by atoms with E-state index in [1.807, 2.05) is 18.5 Å². The molecule has 2 heteroatoms. The molecule has 19 heavy (non-hydrogen) atoms. The fourth-order valence-corrected chi connectivity index (χ4v) is 3.43. The highest BCUT2D eigenvalue weighted by Gasteiger charge is 2.37. The summed E-state index contributed by atoms with van der Waals surface area (Å²) in [6.45, 7) is 0. The number of benzene rings is 1. The summed E-state index contributed by atoms with van der Waals surface area (Å²) in [5.74, 6) is 1.15. The maximum absolute atomic E-state index is 4.27. The van der Waals surface area contributed by atoms with Crippen LogP contribution in [0.25, 0.3) is 0 Å². The third kappa shape index (κ3) is 1.67. The first-order valence-corrected chi connectivity index (χ1v) is 6.85. The van der Waals surface area contributed by atoms with Crippen LogP contribution in [0.2, 0.25) is 0 Å². The zero-order chi connectivity index (χ0) is 12.7. The first kappa shape index (κ1) is 10.8. The van der Waals surface area contributed by atoms with Crippen molar-refractivity contribution >= 4 is 5.69 Å². The minimum absolute atomic E-state index is 0.364. The Bertz CT molecular complexity index is 618. The lowest BCUT2D eigenvalue weighted by molar-refractivity contribution is 0.425. The SMILES string of the molecule is C1=C[C@H]2c3ccccc3N[C@@H](c3cccnc3)[C@H]2C1. The van der Waals surface area contributed by atoms with E-state index in [4.69, 9.17) is 0 Å². The molecule has 0 spiro atoms. The Hall–Kier alpha value is -2.09. The molecule has 4 rings (SSSR count). The molecule has 0 radical (unpaired) electrons. The summed E-state index contributed by atoms with van der Waals surface area (Å²) >= 11 is 0. The number of nitrogens with zero attached hydrogens (tertiary/aromatic N) is 1. The minimum Gasteiger partial charge on any atom is -0.378 e. The molecular formula is C17H16N2. The van der Waals surface area contributed by atoms with Gasteiger partial charge in [0.15, 0.2) is 0 Å². The van der Waals surface area contributed by atoms with Crippen molar-refractivity contribution in [2.45, 2.75) is 18.4 Å². The van der Waals surface area contributed by atoms with E-state index in [0.717, 1.165) is 6.42 Å². The van der Waals surface area contributed by atoms with Crippen LogP contribution in [-0.4, -0.2) is 4.98 Å². The van der Waals surface area contributed by atoms with Crippen LogP contribution in [0.5, 0.6) is 0 Å². The molecule has 1 N–H and O–H groups in total. The molecule has 1 aliphatic carbocycles. The fourth-order valence-electron chi connectivity index (χ4n) is 3.43. The van der Waals surface area contributed by atoms with E-state index < -0.39 is 0 Å². The number of aromatic nitrogens is 1. The Kier molecular flexibility index (Phi) is 2.41. The molecule has 3 atom stereocenters. The van der Waals surface area contributed by atoms with Gasteiger partial charge >= 0.3 is 0 Å². The number of fused-ring (bicyclic) bond motifs is 3. The Morgan fingerprint density at radius 2 is 2.05 bits per heavy atom. The second-order valence-electron chi connectivity index (χ2n) is 5.35. The first-order valence-electron chi connectivity index (χ1n) is 6.85. The lowest BCUT2D eigenvalue weighted by Gasteiger charge is -2.37. The molecule has 1 aromatic heterocycles. The van der Waals surface area contributed by atoms with Crippen molar-refractivity contribution in [2.24, 2.45) is 5.92 Å². The predicted octanol–water partition coefficient (Wildman–Crippen LogP) is 3.91. The zero-order valence-corrected chi connectivity index (χ0v) is 10.7. The maximum atomic E-state index is 4.27. The summed E-state index contributed by atoms with van der Waals surface area (Å²) < 4.78 is 0. The van der Waals surface area contributed by atoms with Crippen molar-refractivity contribution in [1.82, 2.24) is 4.98 Å². The number of para-hydroxylation sites is 1. The summed E-state index contributed by atoms with van der Waals surface area (Å²) in [6, 6.07) is 13.2. The molecule has 0 bridgehead atoms. The Balaban J connectivity index is 1.80. The quantitative estimate of drug-likeness (QED) is 0.774. The second-order valence-corrected chi connectivity index (χ2v) is 5.35. The van der Waals surface area contributed by atoms with Gasteiger partial charge in [-0.1, -0.05) is 36.4 Å². The number of nitrogens with one attached hydrogen (secondary N) is 1. The number of hydrogen-bond donors (Lipinski definition) is 1. The van der Waals surface area contributed by atoms with Gasteiger partial charge in [0.05, 0.1) is 6.04 Å². The number of rotatable bonds is 1. The first-order chi connectivity index (χ1) is 9.43. The third-order valence-electron chi connectivity index (χ3n) is 4.32. The van der Waals surface area contributed by atoms with E-state index in [9.17, 15) is 0 Å². The Morgan fingerprint density at radius 1 is 1.11 bits per heavy atom. The van der Waals surface area contributed by atoms with Crippen LogP contribution in [0.1, 0.15) is 29.5 Å². The topological polar surface area (TPSA) is 24.9 Å². The van der Waals surface area contributed by atoms with E-state index in [0.29, 0.717) is 17.9 Å². The van der Waals surface area contributed by atoms with Crippen molar-refractivity contribution in [3.05, 3.63) is 72.1 Å². The number of allylic oxidation sites excluding steroid dienone is 2. The molecule has 2 heterocycles. The lowest BCUT2D eigenvalue weighted by Crippen LogP contribution is -2.29. The van der Waals surface area contributed by atoms with Crippen LogP contribution in [0.15, 0.2) is 60.9 Å². The van der Waals surface area contributed by atoms with Gasteiger partial charge in [-0.25, -0.2) is 0 Å². The molecule has 0 saturated carbocycles. The number of pyridine rings is 1. The average molecular weight is 248 g/mol. The van der Waals surface area contributed by atoms with Crippen molar-refractivity contribution in [3.8, 4) is 0 Å². The van der Waals surface area contributed by atoms with Gasteiger partial charge in [-0.15, -0.1) is 0 Å². The molecule has 2 aromatic rings. The Labute approximate surface area is 113 Å². The van der Waals surface area contributed by atoms with Crippen LogP contribution in [-0.2, 0) is 0 Å². The van der Waals surface area contributed by atoms with Crippen molar-refractivity contribution in [3.63, 3.8) is 0 Å². The van der Waals surface area contributed by atoms with Gasteiger partial charge in [-0.05, 0) is 35.6 Å². The van der Waals surface area contributed by atoms with Gasteiger partial charge in [0, 0.05) is 24.0 Å². The molecule has 0 fully saturated rings. The van der Waals surface area contributed by atoms with Gasteiger partial charge in [0.2, 0.25) is 0 Å². The highest BCUT2D eigenvalue weighted by molar-refractivity contribution is 5.59. The van der Waals surface area contributed by atoms with E-state index in [1.165, 1.54) is 16.8 Å². The van der Waals surface area contributed by atoms with Gasteiger partial charge < -0.3 is 5.32 Å². The largest absolute Gasteiger partial charge is 0.378 e. The summed E-state index contributed by atoms with van der Waals surface area (Å²) in [5.41, 5.74) is 3.99. The monoisotopic (exact) mass is 248 g/mol. The predicted molar refractivity (Wildman–Crippen MR) is 77.0 cm³/mol. The van der Waals surface area contributed by atoms with Crippen LogP contribution >= 0.6 is 0 Å². The maximum Gasteiger partial charge on any atom is 0.0569 e. The normalized spacial score (nSPS) is 27.5. The highest BCUT2D eigenvalue weighted by atomic mass is 15.0. The zero-order valence-electron chi connectivity index (χ0n) is 10.7. The highest BCUT2D eigenvalue weighted by Crippen LogP contribution is 2.49. The van der Waals surface area contributed by atoms with Crippen LogP contribution in [0.3, 0.4) is 0 Å². The van der Waals surface area contributed by atoms with Gasteiger partial charge in [0.1, 0.15) is 0 Å². The second kappa shape index (κ2) is 4.23. The Morgan fingerprint density at radius 3 is 2.95 bits per heavy atom. The molecule has 0 amide bonds. The molecule has 2 nitrogen and oxygen atoms in total. The lowest BCUT2D eigenvalue weighted by atomic mass is 9.77. The van der Waals surface area contributed by atoms with Crippen molar-refractivity contribution < 1.29 is 0 Å². The summed E-state index contributed by atoms with van der Waals surface area (Å²) in [7, 11) is 0. The average Bonchev–Trinajstić information content (AvgIpc) is 2.97. The summed E-state index contributed by atoms with van der Waals surface area (Å²) in [5, 5.41) is 3.70. The van der Waals surface area contributed by atoms with Gasteiger partial charge in [0.25, 0.3) is 0 Å². The molecule has 1 aliphatic heterocycles. The smallest absolute Gasteiger partial charge is 0.0569 e. The third-order valence-corrected chi connectivity index (χ3v) is 4.32. The van der Waals surface area contributed by atoms with E-state index in [1.54, 1.807) is 0 Å². The summed E-state index contributed by atoms with van der Waals surface area (Å²) in [4.78, 5) is 4.27. The summed E-state index contributed by atoms with van der Waals surface area (Å²) in [6.07, 6.45) is 9.66. The fraction of sp³-hybridized carbons (Fsp3) is 0.235. The van der Waals surface area contributed by atoms with Gasteiger partial charge in [-0.2, -0.15) is 0 Å². The standard InChI is InChI=1S/C17H16N2/c1-2-9-16-14(6-1)13-7-3-8-15(13)17(19-16)12-5-4-10-18-11-12/h1-7,9-11,13,15,17,19H,8H2/t13-,15-,17-/m0/s1. The molecule has 94 valence electrons. The number of anilines is 1. The van der Waals surface area contributed by atoms with E-state index in [-0.39, 0.29) is 0 Å². The van der Waals surface area contributed by atoms with Gasteiger partial charge in [-0.3, -0.25) is 4.98 Å². The molecule has 0 saturated heterocycles.